The molecule has 4 rings (SSSR count). The summed E-state index contributed by atoms with van der Waals surface area (Å²) in [7, 11) is 1.52. The Kier molecular flexibility index (Phi) is 6.64. The lowest BCUT2D eigenvalue weighted by molar-refractivity contribution is -0.115. The molecular weight excluding hydrogens is 460 g/mol. The molecule has 0 bridgehead atoms. The minimum atomic E-state index is -0.237. The summed E-state index contributed by atoms with van der Waals surface area (Å²) in [6.45, 7) is 0.168. The van der Waals surface area contributed by atoms with Gasteiger partial charge < -0.3 is 19.5 Å². The summed E-state index contributed by atoms with van der Waals surface area (Å²) in [5, 5.41) is 5.09. The molecule has 31 heavy (non-hydrogen) atoms. The molecule has 0 saturated heterocycles. The predicted molar refractivity (Wildman–Crippen MR) is 120 cm³/mol. The quantitative estimate of drug-likeness (QED) is 0.372. The Hall–Kier alpha value is -2.75. The molecule has 1 aromatic heterocycles. The lowest BCUT2D eigenvalue weighted by Gasteiger charge is -2.10. The number of ether oxygens (including phenoxy) is 3. The van der Waals surface area contributed by atoms with Crippen LogP contribution in [-0.2, 0) is 11.2 Å². The standard InChI is InChI=1S/C21H17ClN2O5S2/c1-27-17-5-3-13(22)7-15(17)24-20(26)8-14-9-30-21(23-14)31-10-16(25)12-2-4-18-19(6-12)29-11-28-18/h2-7,9H,8,10-11H2,1H3,(H,24,26). The number of nitrogens with zero attached hydrogens (tertiary/aromatic N) is 1. The number of benzene rings is 2. The van der Waals surface area contributed by atoms with Gasteiger partial charge in [0, 0.05) is 16.0 Å². The van der Waals surface area contributed by atoms with E-state index in [1.165, 1.54) is 30.2 Å². The molecule has 7 nitrogen and oxygen atoms in total. The molecule has 1 amide bonds. The van der Waals surface area contributed by atoms with E-state index in [1.807, 2.05) is 5.38 Å². The molecule has 0 unspecified atom stereocenters. The summed E-state index contributed by atoms with van der Waals surface area (Å²) in [6.07, 6.45) is 0.100. The Bertz CT molecular complexity index is 1130. The van der Waals surface area contributed by atoms with Gasteiger partial charge in [-0.25, -0.2) is 4.98 Å². The number of hydrogen-bond donors (Lipinski definition) is 1. The number of ketones is 1. The minimum absolute atomic E-state index is 0.0363. The molecule has 1 N–H and O–H groups in total. The number of carbonyl (C=O) groups is 2. The highest BCUT2D eigenvalue weighted by molar-refractivity contribution is 8.01. The summed E-state index contributed by atoms with van der Waals surface area (Å²) < 4.78 is 16.5. The first-order valence-electron chi connectivity index (χ1n) is 9.15. The maximum absolute atomic E-state index is 12.5. The van der Waals surface area contributed by atoms with Gasteiger partial charge in [-0.15, -0.1) is 11.3 Å². The number of anilines is 1. The number of methoxy groups -OCH3 is 1. The zero-order valence-corrected chi connectivity index (χ0v) is 18.7. The van der Waals surface area contributed by atoms with Crippen molar-refractivity contribution in [1.29, 1.82) is 0 Å². The molecule has 0 fully saturated rings. The Morgan fingerprint density at radius 2 is 2.06 bits per heavy atom. The zero-order valence-electron chi connectivity index (χ0n) is 16.3. The smallest absolute Gasteiger partial charge is 0.231 e. The molecule has 2 aromatic carbocycles. The molecule has 0 spiro atoms. The molecule has 1 aliphatic heterocycles. The van der Waals surface area contributed by atoms with E-state index in [0.717, 1.165) is 4.34 Å². The first-order chi connectivity index (χ1) is 15.0. The molecular formula is C21H17ClN2O5S2. The number of carbonyl (C=O) groups excluding carboxylic acids is 2. The van der Waals surface area contributed by atoms with E-state index in [2.05, 4.69) is 10.3 Å². The zero-order chi connectivity index (χ0) is 21.8. The van der Waals surface area contributed by atoms with Crippen molar-refractivity contribution in [2.45, 2.75) is 10.8 Å². The molecule has 2 heterocycles. The molecule has 0 atom stereocenters. The van der Waals surface area contributed by atoms with E-state index in [4.69, 9.17) is 25.8 Å². The minimum Gasteiger partial charge on any atom is -0.495 e. The number of amides is 1. The maximum Gasteiger partial charge on any atom is 0.231 e. The fourth-order valence-corrected chi connectivity index (χ4v) is 4.76. The van der Waals surface area contributed by atoms with E-state index >= 15 is 0 Å². The average molecular weight is 477 g/mol. The summed E-state index contributed by atoms with van der Waals surface area (Å²) in [5.74, 6) is 1.70. The highest BCUT2D eigenvalue weighted by Crippen LogP contribution is 2.33. The topological polar surface area (TPSA) is 86.8 Å². The first-order valence-corrected chi connectivity index (χ1v) is 11.4. The monoisotopic (exact) mass is 476 g/mol. The highest BCUT2D eigenvalue weighted by atomic mass is 35.5. The second-order valence-electron chi connectivity index (χ2n) is 6.45. The van der Waals surface area contributed by atoms with E-state index in [-0.39, 0.29) is 30.7 Å². The van der Waals surface area contributed by atoms with Crippen molar-refractivity contribution < 1.29 is 23.8 Å². The van der Waals surface area contributed by atoms with Crippen molar-refractivity contribution in [2.24, 2.45) is 0 Å². The van der Waals surface area contributed by atoms with Gasteiger partial charge in [-0.1, -0.05) is 23.4 Å². The Morgan fingerprint density at radius 1 is 1.23 bits per heavy atom. The number of nitrogens with one attached hydrogen (secondary N) is 1. The molecule has 3 aromatic rings. The van der Waals surface area contributed by atoms with Gasteiger partial charge in [0.15, 0.2) is 21.6 Å². The van der Waals surface area contributed by atoms with Crippen molar-refractivity contribution in [1.82, 2.24) is 4.98 Å². The third kappa shape index (κ3) is 5.30. The van der Waals surface area contributed by atoms with E-state index in [9.17, 15) is 9.59 Å². The van der Waals surface area contributed by atoms with Crippen molar-refractivity contribution >= 4 is 52.1 Å². The Balaban J connectivity index is 1.31. The van der Waals surface area contributed by atoms with Crippen LogP contribution in [0.1, 0.15) is 16.1 Å². The SMILES string of the molecule is COc1ccc(Cl)cc1NC(=O)Cc1csc(SCC(=O)c2ccc3c(c2)OCO3)n1. The van der Waals surface area contributed by atoms with Crippen molar-refractivity contribution in [3.8, 4) is 17.2 Å². The third-order valence-electron chi connectivity index (χ3n) is 4.33. The average Bonchev–Trinajstić information content (AvgIpc) is 3.40. The fourth-order valence-electron chi connectivity index (χ4n) is 2.85. The second-order valence-corrected chi connectivity index (χ2v) is 8.97. The number of thiazole rings is 1. The van der Waals surface area contributed by atoms with Crippen LogP contribution in [-0.4, -0.2) is 36.3 Å². The van der Waals surface area contributed by atoms with Gasteiger partial charge in [-0.2, -0.15) is 0 Å². The van der Waals surface area contributed by atoms with Gasteiger partial charge >= 0.3 is 0 Å². The van der Waals surface area contributed by atoms with Crippen molar-refractivity contribution in [2.75, 3.05) is 25.0 Å². The molecule has 1 aliphatic rings. The van der Waals surface area contributed by atoms with Crippen molar-refractivity contribution in [3.05, 3.63) is 58.1 Å². The number of thioether (sulfide) groups is 1. The van der Waals surface area contributed by atoms with Crippen LogP contribution in [0.3, 0.4) is 0 Å². The summed E-state index contributed by atoms with van der Waals surface area (Å²) in [5.41, 5.74) is 1.68. The van der Waals surface area contributed by atoms with E-state index in [0.29, 0.717) is 39.2 Å². The lowest BCUT2D eigenvalue weighted by atomic mass is 10.1. The van der Waals surface area contributed by atoms with Crippen LogP contribution in [0, 0.1) is 0 Å². The van der Waals surface area contributed by atoms with Crippen LogP contribution in [0.15, 0.2) is 46.1 Å². The molecule has 0 saturated carbocycles. The van der Waals surface area contributed by atoms with Gasteiger partial charge in [0.25, 0.3) is 0 Å². The van der Waals surface area contributed by atoms with Gasteiger partial charge in [0.05, 0.1) is 30.7 Å². The van der Waals surface area contributed by atoms with E-state index < -0.39 is 0 Å². The van der Waals surface area contributed by atoms with Crippen LogP contribution < -0.4 is 19.5 Å². The van der Waals surface area contributed by atoms with Gasteiger partial charge in [0.1, 0.15) is 5.75 Å². The van der Waals surface area contributed by atoms with E-state index in [1.54, 1.807) is 36.4 Å². The van der Waals surface area contributed by atoms with Gasteiger partial charge in [0.2, 0.25) is 12.7 Å². The van der Waals surface area contributed by atoms with Gasteiger partial charge in [-0.3, -0.25) is 9.59 Å². The van der Waals surface area contributed by atoms with Crippen LogP contribution in [0.2, 0.25) is 5.02 Å². The van der Waals surface area contributed by atoms with Gasteiger partial charge in [-0.05, 0) is 36.4 Å². The van der Waals surface area contributed by atoms with Crippen LogP contribution >= 0.6 is 34.7 Å². The molecule has 160 valence electrons. The maximum atomic E-state index is 12.5. The highest BCUT2D eigenvalue weighted by Gasteiger charge is 2.17. The predicted octanol–water partition coefficient (Wildman–Crippen LogP) is 4.69. The Morgan fingerprint density at radius 3 is 2.90 bits per heavy atom. The molecule has 0 aliphatic carbocycles. The second kappa shape index (κ2) is 9.59. The fraction of sp³-hybridized carbons (Fsp3) is 0.190. The number of halogens is 1. The summed E-state index contributed by atoms with van der Waals surface area (Å²) >= 11 is 8.72. The largest absolute Gasteiger partial charge is 0.495 e. The molecule has 10 heteroatoms. The number of rotatable bonds is 8. The lowest BCUT2D eigenvalue weighted by Crippen LogP contribution is -2.15. The number of hydrogen-bond acceptors (Lipinski definition) is 8. The van der Waals surface area contributed by atoms with Crippen LogP contribution in [0.25, 0.3) is 0 Å². The first kappa shape index (κ1) is 21.5. The van der Waals surface area contributed by atoms with Crippen LogP contribution in [0.4, 0.5) is 5.69 Å². The van der Waals surface area contributed by atoms with Crippen molar-refractivity contribution in [3.63, 3.8) is 0 Å². The molecule has 0 radical (unpaired) electrons. The third-order valence-corrected chi connectivity index (χ3v) is 6.63. The summed E-state index contributed by atoms with van der Waals surface area (Å²) in [6, 6.07) is 10.1. The number of aromatic nitrogens is 1. The number of Topliss-reactive ketones (excluding diaryl/α,β-unsaturated/α-hetero) is 1. The Labute approximate surface area is 191 Å². The van der Waals surface area contributed by atoms with Crippen LogP contribution in [0.5, 0.6) is 17.2 Å². The summed E-state index contributed by atoms with van der Waals surface area (Å²) in [4.78, 5) is 29.3. The number of fused-ring (bicyclic) bond motifs is 1. The normalized spacial score (nSPS) is 11.9.